The molecule has 1 aliphatic heterocycles. The van der Waals surface area contributed by atoms with E-state index in [4.69, 9.17) is 23.7 Å². The van der Waals surface area contributed by atoms with E-state index in [1.807, 2.05) is 27.7 Å². The maximum atomic E-state index is 13.5. The second-order valence-electron chi connectivity index (χ2n) is 11.7. The number of hydrogen-bond acceptors (Lipinski definition) is 9. The van der Waals surface area contributed by atoms with Crippen LogP contribution in [-0.4, -0.2) is 59.9 Å². The fourth-order valence-corrected chi connectivity index (χ4v) is 5.66. The second kappa shape index (κ2) is 15.4. The first-order chi connectivity index (χ1) is 23.0. The zero-order valence-corrected chi connectivity index (χ0v) is 28.5. The Hall–Kier alpha value is -4.80. The Balaban J connectivity index is 1.49. The van der Waals surface area contributed by atoms with Crippen LogP contribution in [0.3, 0.4) is 0 Å². The molecule has 1 fully saturated rings. The minimum absolute atomic E-state index is 0.229. The van der Waals surface area contributed by atoms with Crippen molar-refractivity contribution in [2.24, 2.45) is 0 Å². The number of hydrogen-bond donors (Lipinski definition) is 0. The fourth-order valence-electron chi connectivity index (χ4n) is 4.98. The Kier molecular flexibility index (Phi) is 11.1. The van der Waals surface area contributed by atoms with Crippen molar-refractivity contribution in [1.29, 1.82) is 0 Å². The molecule has 0 radical (unpaired) electrons. The lowest BCUT2D eigenvalue weighted by Gasteiger charge is -2.43. The van der Waals surface area contributed by atoms with Gasteiger partial charge in [0.2, 0.25) is 0 Å². The first kappa shape index (κ1) is 34.5. The Morgan fingerprint density at radius 1 is 0.500 bits per heavy atom. The average molecular weight is 716 g/mol. The number of rotatable bonds is 9. The fraction of sp³-hybridized carbons (Fsp3) is 0.263. The molecule has 1 saturated heterocycles. The molecule has 0 unspecified atom stereocenters. The van der Waals surface area contributed by atoms with Crippen molar-refractivity contribution in [2.45, 2.75) is 57.1 Å². The zero-order chi connectivity index (χ0) is 34.4. The second-order valence-corrected chi connectivity index (χ2v) is 12.6. The van der Waals surface area contributed by atoms with E-state index in [0.29, 0.717) is 5.56 Å². The summed E-state index contributed by atoms with van der Waals surface area (Å²) in [5.41, 5.74) is 4.81. The number of benzene rings is 4. The monoisotopic (exact) mass is 714 g/mol. The van der Waals surface area contributed by atoms with Crippen LogP contribution in [-0.2, 0) is 23.7 Å². The molecule has 248 valence electrons. The van der Waals surface area contributed by atoms with Gasteiger partial charge in [-0.1, -0.05) is 86.7 Å². The van der Waals surface area contributed by atoms with E-state index in [9.17, 15) is 19.2 Å². The predicted octanol–water partition coefficient (Wildman–Crippen LogP) is 6.87. The molecule has 0 aliphatic carbocycles. The van der Waals surface area contributed by atoms with Gasteiger partial charge in [0.25, 0.3) is 0 Å². The zero-order valence-electron chi connectivity index (χ0n) is 26.9. The molecule has 0 saturated carbocycles. The van der Waals surface area contributed by atoms with Gasteiger partial charge in [0.05, 0.1) is 22.3 Å². The number of ether oxygens (including phenoxy) is 5. The number of carbonyl (C=O) groups excluding carboxylic acids is 4. The van der Waals surface area contributed by atoms with Crippen LogP contribution in [0.1, 0.15) is 63.7 Å². The number of carbonyl (C=O) groups is 4. The van der Waals surface area contributed by atoms with E-state index in [1.54, 1.807) is 97.1 Å². The van der Waals surface area contributed by atoms with Crippen LogP contribution in [0.25, 0.3) is 0 Å². The van der Waals surface area contributed by atoms with E-state index in [0.717, 1.165) is 22.3 Å². The summed E-state index contributed by atoms with van der Waals surface area (Å²) in [4.78, 5) is 53.4. The third kappa shape index (κ3) is 8.56. The van der Waals surface area contributed by atoms with Crippen LogP contribution < -0.4 is 0 Å². The number of aryl methyl sites for hydroxylation is 4. The van der Waals surface area contributed by atoms with Crippen molar-refractivity contribution in [3.8, 4) is 0 Å². The molecule has 4 aromatic carbocycles. The number of esters is 4. The predicted molar refractivity (Wildman–Crippen MR) is 180 cm³/mol. The van der Waals surface area contributed by atoms with Gasteiger partial charge in [-0.05, 0) is 76.2 Å². The largest absolute Gasteiger partial charge is 0.459 e. The summed E-state index contributed by atoms with van der Waals surface area (Å²) >= 11 is 3.44. The number of halogens is 1. The highest BCUT2D eigenvalue weighted by Gasteiger charge is 2.52. The summed E-state index contributed by atoms with van der Waals surface area (Å²) in [6.07, 6.45) is -5.18. The van der Waals surface area contributed by atoms with Gasteiger partial charge in [-0.25, -0.2) is 19.2 Å². The Morgan fingerprint density at radius 2 is 0.812 bits per heavy atom. The molecule has 5 rings (SSSR count). The van der Waals surface area contributed by atoms with Gasteiger partial charge in [0.1, 0.15) is 12.7 Å². The molecule has 0 N–H and O–H groups in total. The molecule has 9 nitrogen and oxygen atoms in total. The van der Waals surface area contributed by atoms with E-state index in [2.05, 4.69) is 15.9 Å². The van der Waals surface area contributed by atoms with Crippen LogP contribution in [0.5, 0.6) is 0 Å². The molecule has 4 aromatic rings. The smallest absolute Gasteiger partial charge is 0.338 e. The van der Waals surface area contributed by atoms with Crippen LogP contribution in [0.15, 0.2) is 97.1 Å². The van der Waals surface area contributed by atoms with Crippen LogP contribution in [0, 0.1) is 27.7 Å². The third-order valence-electron chi connectivity index (χ3n) is 7.83. The molecule has 1 heterocycles. The van der Waals surface area contributed by atoms with Crippen LogP contribution >= 0.6 is 15.9 Å². The SMILES string of the molecule is Cc1ccc(C(=O)OC[C@H]2O[C@@H](Br)[C@H](OC(=O)c3ccc(C)cc3)[C@@H](OC(=O)c3ccc(C)cc3)[C@@H]2OC(=O)c2ccc(C)cc2)cc1. The molecule has 10 heteroatoms. The summed E-state index contributed by atoms with van der Waals surface area (Å²) in [6.45, 7) is 7.17. The normalized spacial score (nSPS) is 20.3. The van der Waals surface area contributed by atoms with Crippen molar-refractivity contribution in [3.05, 3.63) is 142 Å². The first-order valence-electron chi connectivity index (χ1n) is 15.3. The molecule has 1 aliphatic rings. The maximum absolute atomic E-state index is 13.5. The van der Waals surface area contributed by atoms with Gasteiger partial charge in [-0.15, -0.1) is 0 Å². The van der Waals surface area contributed by atoms with Gasteiger partial charge in [0.15, 0.2) is 23.3 Å². The van der Waals surface area contributed by atoms with Gasteiger partial charge in [-0.2, -0.15) is 0 Å². The standard InChI is InChI=1S/C38H35BrO9/c1-22-5-13-26(14-6-22)35(40)44-21-30-31(46-36(41)27-15-7-23(2)8-16-27)32(47-37(42)28-17-9-24(3)10-18-28)33(34(39)45-30)48-38(43)29-19-11-25(4)12-20-29/h5-20,30-34H,21H2,1-4H3/t30-,31-,32+,33-,34-/m1/s1. The summed E-state index contributed by atoms with van der Waals surface area (Å²) in [7, 11) is 0. The first-order valence-corrected chi connectivity index (χ1v) is 16.3. The lowest BCUT2D eigenvalue weighted by molar-refractivity contribution is -0.205. The van der Waals surface area contributed by atoms with E-state index >= 15 is 0 Å². The summed E-state index contributed by atoms with van der Waals surface area (Å²) in [5.74, 6) is -2.83. The molecule has 0 bridgehead atoms. The van der Waals surface area contributed by atoms with Crippen molar-refractivity contribution in [1.82, 2.24) is 0 Å². The summed E-state index contributed by atoms with van der Waals surface area (Å²) in [5, 5.41) is -1.06. The highest BCUT2D eigenvalue weighted by molar-refractivity contribution is 9.09. The van der Waals surface area contributed by atoms with E-state index < -0.39 is 53.3 Å². The topological polar surface area (TPSA) is 114 Å². The average Bonchev–Trinajstić information content (AvgIpc) is 3.07. The quantitative estimate of drug-likeness (QED) is 0.104. The van der Waals surface area contributed by atoms with Gasteiger partial charge in [0, 0.05) is 0 Å². The molecule has 5 atom stereocenters. The third-order valence-corrected chi connectivity index (χ3v) is 8.57. The summed E-state index contributed by atoms with van der Waals surface area (Å²) in [6, 6.07) is 27.0. The highest BCUT2D eigenvalue weighted by atomic mass is 79.9. The molecule has 48 heavy (non-hydrogen) atoms. The molecular formula is C38H35BrO9. The Bertz CT molecular complexity index is 1750. The lowest BCUT2D eigenvalue weighted by Crippen LogP contribution is -2.61. The molecule has 0 aromatic heterocycles. The van der Waals surface area contributed by atoms with Crippen molar-refractivity contribution >= 4 is 39.8 Å². The van der Waals surface area contributed by atoms with Gasteiger partial charge in [-0.3, -0.25) is 0 Å². The van der Waals surface area contributed by atoms with Crippen LogP contribution in [0.4, 0.5) is 0 Å². The minimum atomic E-state index is -1.39. The minimum Gasteiger partial charge on any atom is -0.459 e. The Morgan fingerprint density at radius 3 is 1.19 bits per heavy atom. The lowest BCUT2D eigenvalue weighted by atomic mass is 9.98. The van der Waals surface area contributed by atoms with Crippen molar-refractivity contribution in [2.75, 3.05) is 6.61 Å². The molecular weight excluding hydrogens is 680 g/mol. The van der Waals surface area contributed by atoms with Gasteiger partial charge >= 0.3 is 23.9 Å². The Labute approximate surface area is 287 Å². The van der Waals surface area contributed by atoms with Crippen molar-refractivity contribution in [3.63, 3.8) is 0 Å². The highest BCUT2D eigenvalue weighted by Crippen LogP contribution is 2.33. The van der Waals surface area contributed by atoms with Gasteiger partial charge < -0.3 is 23.7 Å². The molecule has 0 spiro atoms. The van der Waals surface area contributed by atoms with Crippen LogP contribution in [0.2, 0.25) is 0 Å². The number of alkyl halides is 1. The molecule has 0 amide bonds. The summed E-state index contributed by atoms with van der Waals surface area (Å²) < 4.78 is 29.7. The maximum Gasteiger partial charge on any atom is 0.338 e. The van der Waals surface area contributed by atoms with E-state index in [1.165, 1.54) is 0 Å². The van der Waals surface area contributed by atoms with Crippen molar-refractivity contribution < 1.29 is 42.9 Å². The van der Waals surface area contributed by atoms with E-state index in [-0.39, 0.29) is 23.3 Å².